The molecule has 5 heteroatoms. The molecular formula is C12H21N3OS. The van der Waals surface area contributed by atoms with Crippen molar-refractivity contribution in [1.82, 2.24) is 15.2 Å². The van der Waals surface area contributed by atoms with Crippen LogP contribution in [0.15, 0.2) is 11.6 Å². The number of hydrogen-bond donors (Lipinski definition) is 1. The third kappa shape index (κ3) is 4.09. The molecule has 0 aliphatic heterocycles. The van der Waals surface area contributed by atoms with Gasteiger partial charge < -0.3 is 4.90 Å². The Hall–Kier alpha value is -0.940. The third-order valence-corrected chi connectivity index (χ3v) is 3.66. The van der Waals surface area contributed by atoms with Gasteiger partial charge in [-0.05, 0) is 20.3 Å². The minimum atomic E-state index is 0.157. The van der Waals surface area contributed by atoms with Crippen molar-refractivity contribution in [2.45, 2.75) is 33.2 Å². The van der Waals surface area contributed by atoms with Crippen molar-refractivity contribution in [3.8, 4) is 0 Å². The predicted octanol–water partition coefficient (Wildman–Crippen LogP) is 2.05. The highest BCUT2D eigenvalue weighted by atomic mass is 32.1. The average molecular weight is 255 g/mol. The SMILES string of the molecule is CCC(NCC(=O)N(CC)CC)c1nccs1. The molecule has 4 nitrogen and oxygen atoms in total. The van der Waals surface area contributed by atoms with Crippen LogP contribution in [0.5, 0.6) is 0 Å². The summed E-state index contributed by atoms with van der Waals surface area (Å²) in [6.45, 7) is 8.02. The lowest BCUT2D eigenvalue weighted by Crippen LogP contribution is -2.39. The number of carbonyl (C=O) groups excluding carboxylic acids is 1. The molecule has 1 amide bonds. The van der Waals surface area contributed by atoms with Gasteiger partial charge in [-0.2, -0.15) is 0 Å². The van der Waals surface area contributed by atoms with Gasteiger partial charge in [0.15, 0.2) is 0 Å². The lowest BCUT2D eigenvalue weighted by Gasteiger charge is -2.21. The minimum absolute atomic E-state index is 0.157. The Morgan fingerprint density at radius 2 is 2.18 bits per heavy atom. The molecule has 0 fully saturated rings. The van der Waals surface area contributed by atoms with Crippen LogP contribution >= 0.6 is 11.3 Å². The standard InChI is InChI=1S/C12H21N3OS/c1-4-10(12-13-7-8-17-12)14-9-11(16)15(5-2)6-3/h7-8,10,14H,4-6,9H2,1-3H3. The highest BCUT2D eigenvalue weighted by Gasteiger charge is 2.15. The van der Waals surface area contributed by atoms with E-state index in [2.05, 4.69) is 17.2 Å². The first-order valence-corrected chi connectivity index (χ1v) is 7.01. The summed E-state index contributed by atoms with van der Waals surface area (Å²) in [5.41, 5.74) is 0. The quantitative estimate of drug-likeness (QED) is 0.811. The third-order valence-electron chi connectivity index (χ3n) is 2.77. The van der Waals surface area contributed by atoms with Gasteiger partial charge in [0, 0.05) is 24.7 Å². The molecule has 0 bridgehead atoms. The highest BCUT2D eigenvalue weighted by molar-refractivity contribution is 7.09. The van der Waals surface area contributed by atoms with Crippen molar-refractivity contribution in [3.05, 3.63) is 16.6 Å². The molecule has 1 aromatic heterocycles. The summed E-state index contributed by atoms with van der Waals surface area (Å²) in [5, 5.41) is 6.30. The molecule has 0 aromatic carbocycles. The second-order valence-corrected chi connectivity index (χ2v) is 4.70. The normalized spacial score (nSPS) is 12.4. The van der Waals surface area contributed by atoms with Gasteiger partial charge in [-0.25, -0.2) is 4.98 Å². The van der Waals surface area contributed by atoms with Gasteiger partial charge in [-0.3, -0.25) is 10.1 Å². The Morgan fingerprint density at radius 1 is 1.47 bits per heavy atom. The van der Waals surface area contributed by atoms with Crippen molar-refractivity contribution in [1.29, 1.82) is 0 Å². The number of thiazole rings is 1. The average Bonchev–Trinajstić information content (AvgIpc) is 2.85. The van der Waals surface area contributed by atoms with Gasteiger partial charge in [0.1, 0.15) is 5.01 Å². The molecule has 17 heavy (non-hydrogen) atoms. The molecule has 1 rings (SSSR count). The number of carbonyl (C=O) groups is 1. The van der Waals surface area contributed by atoms with Crippen LogP contribution in [0, 0.1) is 0 Å². The molecule has 0 aliphatic rings. The van der Waals surface area contributed by atoms with Gasteiger partial charge >= 0.3 is 0 Å². The predicted molar refractivity (Wildman–Crippen MR) is 71.1 cm³/mol. The fraction of sp³-hybridized carbons (Fsp3) is 0.667. The van der Waals surface area contributed by atoms with E-state index >= 15 is 0 Å². The summed E-state index contributed by atoms with van der Waals surface area (Å²) in [6, 6.07) is 0.189. The molecule has 0 radical (unpaired) electrons. The molecule has 1 N–H and O–H groups in total. The molecule has 0 aliphatic carbocycles. The summed E-state index contributed by atoms with van der Waals surface area (Å²) < 4.78 is 0. The van der Waals surface area contributed by atoms with Gasteiger partial charge in [0.2, 0.25) is 5.91 Å². The number of likely N-dealkylation sites (N-methyl/N-ethyl adjacent to an activating group) is 1. The maximum Gasteiger partial charge on any atom is 0.236 e. The number of amides is 1. The first-order valence-electron chi connectivity index (χ1n) is 6.13. The van der Waals surface area contributed by atoms with Crippen molar-refractivity contribution >= 4 is 17.2 Å². The van der Waals surface area contributed by atoms with Crippen LogP contribution in [0.2, 0.25) is 0 Å². The van der Waals surface area contributed by atoms with Gasteiger partial charge in [-0.1, -0.05) is 6.92 Å². The van der Waals surface area contributed by atoms with E-state index in [1.165, 1.54) is 0 Å². The summed E-state index contributed by atoms with van der Waals surface area (Å²) >= 11 is 1.63. The van der Waals surface area contributed by atoms with E-state index in [0.717, 1.165) is 24.5 Å². The fourth-order valence-electron chi connectivity index (χ4n) is 1.71. The van der Waals surface area contributed by atoms with E-state index < -0.39 is 0 Å². The molecule has 1 heterocycles. The first-order chi connectivity index (χ1) is 8.22. The molecule has 1 unspecified atom stereocenters. The number of aromatic nitrogens is 1. The van der Waals surface area contributed by atoms with E-state index in [1.54, 1.807) is 17.5 Å². The molecule has 1 atom stereocenters. The summed E-state index contributed by atoms with van der Waals surface area (Å²) in [5.74, 6) is 0.157. The monoisotopic (exact) mass is 255 g/mol. The lowest BCUT2D eigenvalue weighted by atomic mass is 10.2. The van der Waals surface area contributed by atoms with Crippen LogP contribution in [0.3, 0.4) is 0 Å². The Labute approximate surface area is 107 Å². The molecule has 0 saturated carbocycles. The van der Waals surface area contributed by atoms with Crippen molar-refractivity contribution in [2.24, 2.45) is 0 Å². The molecular weight excluding hydrogens is 234 g/mol. The second kappa shape index (κ2) is 7.40. The Kier molecular flexibility index (Phi) is 6.15. The zero-order chi connectivity index (χ0) is 12.7. The second-order valence-electron chi connectivity index (χ2n) is 3.78. The van der Waals surface area contributed by atoms with Crippen molar-refractivity contribution in [2.75, 3.05) is 19.6 Å². The Bertz CT molecular complexity index is 323. The zero-order valence-electron chi connectivity index (χ0n) is 10.8. The summed E-state index contributed by atoms with van der Waals surface area (Å²) in [7, 11) is 0. The summed E-state index contributed by atoms with van der Waals surface area (Å²) in [4.78, 5) is 18.0. The van der Waals surface area contributed by atoms with E-state index in [9.17, 15) is 4.79 Å². The van der Waals surface area contributed by atoms with Crippen LogP contribution in [-0.2, 0) is 4.79 Å². The lowest BCUT2D eigenvalue weighted by molar-refractivity contribution is -0.130. The van der Waals surface area contributed by atoms with Crippen molar-refractivity contribution < 1.29 is 4.79 Å². The number of hydrogen-bond acceptors (Lipinski definition) is 4. The molecule has 0 spiro atoms. The van der Waals surface area contributed by atoms with Gasteiger partial charge in [0.05, 0.1) is 12.6 Å². The highest BCUT2D eigenvalue weighted by Crippen LogP contribution is 2.18. The van der Waals surface area contributed by atoms with Crippen LogP contribution in [0.1, 0.15) is 38.2 Å². The Balaban J connectivity index is 2.46. The smallest absolute Gasteiger partial charge is 0.236 e. The maximum absolute atomic E-state index is 11.8. The van der Waals surface area contributed by atoms with E-state index in [-0.39, 0.29) is 11.9 Å². The Morgan fingerprint density at radius 3 is 2.65 bits per heavy atom. The van der Waals surface area contributed by atoms with E-state index in [0.29, 0.717) is 6.54 Å². The number of nitrogens with zero attached hydrogens (tertiary/aromatic N) is 2. The van der Waals surface area contributed by atoms with E-state index in [1.807, 2.05) is 24.1 Å². The minimum Gasteiger partial charge on any atom is -0.342 e. The first kappa shape index (κ1) is 14.1. The molecule has 96 valence electrons. The summed E-state index contributed by atoms with van der Waals surface area (Å²) in [6.07, 6.45) is 2.75. The van der Waals surface area contributed by atoms with E-state index in [4.69, 9.17) is 0 Å². The zero-order valence-corrected chi connectivity index (χ0v) is 11.6. The molecule has 1 aromatic rings. The molecule has 0 saturated heterocycles. The largest absolute Gasteiger partial charge is 0.342 e. The van der Waals surface area contributed by atoms with Gasteiger partial charge in [0.25, 0.3) is 0 Å². The van der Waals surface area contributed by atoms with Crippen LogP contribution < -0.4 is 5.32 Å². The topological polar surface area (TPSA) is 45.2 Å². The number of rotatable bonds is 7. The van der Waals surface area contributed by atoms with Gasteiger partial charge in [-0.15, -0.1) is 11.3 Å². The van der Waals surface area contributed by atoms with Crippen LogP contribution in [0.25, 0.3) is 0 Å². The number of nitrogens with one attached hydrogen (secondary N) is 1. The van der Waals surface area contributed by atoms with Crippen molar-refractivity contribution in [3.63, 3.8) is 0 Å². The van der Waals surface area contributed by atoms with Crippen LogP contribution in [-0.4, -0.2) is 35.4 Å². The fourth-order valence-corrected chi connectivity index (χ4v) is 2.51. The van der Waals surface area contributed by atoms with Crippen LogP contribution in [0.4, 0.5) is 0 Å². The maximum atomic E-state index is 11.8.